The van der Waals surface area contributed by atoms with Gasteiger partial charge in [0, 0.05) is 11.8 Å². The number of rotatable bonds is 4. The quantitative estimate of drug-likeness (QED) is 0.731. The maximum absolute atomic E-state index is 9.34. The van der Waals surface area contributed by atoms with Crippen LogP contribution < -0.4 is 4.74 Å². The second-order valence-corrected chi connectivity index (χ2v) is 5.69. The standard InChI is InChI=1S/C18H14BrNO2/c19-17-10-15(14-6-8-16(21)9-7-14)11-20-18(17)22-12-13-4-2-1-3-5-13/h1-11,21H,12H2. The van der Waals surface area contributed by atoms with Gasteiger partial charge in [-0.05, 0) is 45.3 Å². The van der Waals surface area contributed by atoms with Crippen molar-refractivity contribution < 1.29 is 9.84 Å². The molecule has 0 fully saturated rings. The van der Waals surface area contributed by atoms with E-state index in [-0.39, 0.29) is 5.75 Å². The van der Waals surface area contributed by atoms with Crippen molar-refractivity contribution in [1.29, 1.82) is 0 Å². The fraction of sp³-hybridized carbons (Fsp3) is 0.0556. The predicted molar refractivity (Wildman–Crippen MR) is 89.8 cm³/mol. The molecule has 3 nitrogen and oxygen atoms in total. The van der Waals surface area contributed by atoms with Gasteiger partial charge in [-0.1, -0.05) is 42.5 Å². The zero-order valence-corrected chi connectivity index (χ0v) is 13.3. The van der Waals surface area contributed by atoms with Crippen molar-refractivity contribution in [2.75, 3.05) is 0 Å². The van der Waals surface area contributed by atoms with E-state index >= 15 is 0 Å². The Morgan fingerprint density at radius 2 is 1.68 bits per heavy atom. The number of halogens is 1. The second-order valence-electron chi connectivity index (χ2n) is 4.83. The molecule has 1 N–H and O–H groups in total. The summed E-state index contributed by atoms with van der Waals surface area (Å²) in [7, 11) is 0. The average Bonchev–Trinajstić information content (AvgIpc) is 2.55. The molecule has 0 saturated heterocycles. The van der Waals surface area contributed by atoms with E-state index in [0.29, 0.717) is 12.5 Å². The number of phenolic OH excluding ortho intramolecular Hbond substituents is 1. The molecule has 0 aliphatic rings. The Morgan fingerprint density at radius 3 is 2.36 bits per heavy atom. The highest BCUT2D eigenvalue weighted by atomic mass is 79.9. The van der Waals surface area contributed by atoms with Gasteiger partial charge < -0.3 is 9.84 Å². The minimum Gasteiger partial charge on any atom is -0.508 e. The summed E-state index contributed by atoms with van der Waals surface area (Å²) in [6.07, 6.45) is 1.76. The molecule has 0 aliphatic heterocycles. The molecule has 0 unspecified atom stereocenters. The summed E-state index contributed by atoms with van der Waals surface area (Å²) in [5.74, 6) is 0.810. The van der Waals surface area contributed by atoms with Gasteiger partial charge in [-0.2, -0.15) is 0 Å². The summed E-state index contributed by atoms with van der Waals surface area (Å²) < 4.78 is 6.53. The third kappa shape index (κ3) is 3.46. The molecule has 2 aromatic carbocycles. The molecule has 3 aromatic rings. The molecule has 3 rings (SSSR count). The summed E-state index contributed by atoms with van der Waals surface area (Å²) in [4.78, 5) is 4.36. The normalized spacial score (nSPS) is 10.4. The second kappa shape index (κ2) is 6.62. The number of phenols is 1. The number of hydrogen-bond acceptors (Lipinski definition) is 3. The number of aromatic hydroxyl groups is 1. The molecule has 1 heterocycles. The molecule has 0 amide bonds. The van der Waals surface area contributed by atoms with Gasteiger partial charge in [0.15, 0.2) is 0 Å². The number of nitrogens with zero attached hydrogens (tertiary/aromatic N) is 1. The van der Waals surface area contributed by atoms with Gasteiger partial charge in [-0.15, -0.1) is 0 Å². The lowest BCUT2D eigenvalue weighted by atomic mass is 10.1. The third-order valence-corrected chi connectivity index (χ3v) is 3.79. The van der Waals surface area contributed by atoms with E-state index < -0.39 is 0 Å². The smallest absolute Gasteiger partial charge is 0.228 e. The van der Waals surface area contributed by atoms with Gasteiger partial charge >= 0.3 is 0 Å². The maximum Gasteiger partial charge on any atom is 0.228 e. The Morgan fingerprint density at radius 1 is 0.955 bits per heavy atom. The van der Waals surface area contributed by atoms with E-state index in [1.807, 2.05) is 48.5 Å². The van der Waals surface area contributed by atoms with Crippen molar-refractivity contribution in [3.05, 3.63) is 76.9 Å². The van der Waals surface area contributed by atoms with Crippen LogP contribution in [-0.2, 0) is 6.61 Å². The van der Waals surface area contributed by atoms with Crippen LogP contribution in [0.15, 0.2) is 71.3 Å². The van der Waals surface area contributed by atoms with Crippen molar-refractivity contribution in [1.82, 2.24) is 4.98 Å². The lowest BCUT2D eigenvalue weighted by Gasteiger charge is -2.09. The van der Waals surface area contributed by atoms with Crippen LogP contribution in [0.3, 0.4) is 0 Å². The zero-order chi connectivity index (χ0) is 15.4. The average molecular weight is 356 g/mol. The molecule has 110 valence electrons. The molecule has 0 spiro atoms. The Labute approximate surface area is 137 Å². The Kier molecular flexibility index (Phi) is 4.39. The molecular weight excluding hydrogens is 342 g/mol. The molecule has 4 heteroatoms. The van der Waals surface area contributed by atoms with Crippen LogP contribution in [0.25, 0.3) is 11.1 Å². The van der Waals surface area contributed by atoms with Crippen molar-refractivity contribution >= 4 is 15.9 Å². The minimum atomic E-state index is 0.249. The van der Waals surface area contributed by atoms with Crippen molar-refractivity contribution in [3.63, 3.8) is 0 Å². The van der Waals surface area contributed by atoms with Crippen LogP contribution in [-0.4, -0.2) is 10.1 Å². The first-order valence-corrected chi connectivity index (χ1v) is 7.63. The number of pyridine rings is 1. The third-order valence-electron chi connectivity index (χ3n) is 3.23. The van der Waals surface area contributed by atoms with Crippen LogP contribution >= 0.6 is 15.9 Å². The monoisotopic (exact) mass is 355 g/mol. The lowest BCUT2D eigenvalue weighted by Crippen LogP contribution is -1.98. The predicted octanol–water partition coefficient (Wildman–Crippen LogP) is 4.80. The van der Waals surface area contributed by atoms with Crippen molar-refractivity contribution in [2.24, 2.45) is 0 Å². The van der Waals surface area contributed by atoms with Gasteiger partial charge in [0.1, 0.15) is 12.4 Å². The van der Waals surface area contributed by atoms with Crippen LogP contribution in [0, 0.1) is 0 Å². The van der Waals surface area contributed by atoms with Gasteiger partial charge in [0.25, 0.3) is 0 Å². The number of hydrogen-bond donors (Lipinski definition) is 1. The highest BCUT2D eigenvalue weighted by Gasteiger charge is 2.06. The highest BCUT2D eigenvalue weighted by Crippen LogP contribution is 2.29. The lowest BCUT2D eigenvalue weighted by molar-refractivity contribution is 0.292. The largest absolute Gasteiger partial charge is 0.508 e. The van der Waals surface area contributed by atoms with Gasteiger partial charge in [0.2, 0.25) is 5.88 Å². The highest BCUT2D eigenvalue weighted by molar-refractivity contribution is 9.10. The first-order valence-electron chi connectivity index (χ1n) is 6.84. The summed E-state index contributed by atoms with van der Waals surface area (Å²) in [5.41, 5.74) is 3.04. The van der Waals surface area contributed by atoms with Crippen LogP contribution in [0.2, 0.25) is 0 Å². The van der Waals surface area contributed by atoms with Crippen molar-refractivity contribution in [3.8, 4) is 22.8 Å². The molecule has 22 heavy (non-hydrogen) atoms. The fourth-order valence-corrected chi connectivity index (χ4v) is 2.53. The Hall–Kier alpha value is -2.33. The SMILES string of the molecule is Oc1ccc(-c2cnc(OCc3ccccc3)c(Br)c2)cc1. The minimum absolute atomic E-state index is 0.249. The van der Waals surface area contributed by atoms with E-state index in [2.05, 4.69) is 20.9 Å². The van der Waals surface area contributed by atoms with Gasteiger partial charge in [-0.3, -0.25) is 0 Å². The molecular formula is C18H14BrNO2. The first-order chi connectivity index (χ1) is 10.7. The molecule has 0 aliphatic carbocycles. The zero-order valence-electron chi connectivity index (χ0n) is 11.7. The summed E-state index contributed by atoms with van der Waals surface area (Å²) >= 11 is 3.50. The topological polar surface area (TPSA) is 42.4 Å². The number of aromatic nitrogens is 1. The molecule has 0 bridgehead atoms. The molecule has 0 atom stereocenters. The van der Waals surface area contributed by atoms with E-state index in [0.717, 1.165) is 21.2 Å². The van der Waals surface area contributed by atoms with Crippen LogP contribution in [0.4, 0.5) is 0 Å². The number of ether oxygens (including phenoxy) is 1. The fourth-order valence-electron chi connectivity index (χ4n) is 2.07. The number of benzene rings is 2. The first kappa shape index (κ1) is 14.6. The van der Waals surface area contributed by atoms with Gasteiger partial charge in [-0.25, -0.2) is 4.98 Å². The van der Waals surface area contributed by atoms with E-state index in [1.54, 1.807) is 18.3 Å². The van der Waals surface area contributed by atoms with E-state index in [1.165, 1.54) is 0 Å². The van der Waals surface area contributed by atoms with E-state index in [9.17, 15) is 5.11 Å². The summed E-state index contributed by atoms with van der Waals surface area (Å²) in [6.45, 7) is 0.477. The molecule has 1 aromatic heterocycles. The summed E-state index contributed by atoms with van der Waals surface area (Å²) in [5, 5.41) is 9.34. The molecule has 0 radical (unpaired) electrons. The summed E-state index contributed by atoms with van der Waals surface area (Å²) in [6, 6.07) is 18.9. The Bertz CT molecular complexity index is 758. The Balaban J connectivity index is 1.76. The van der Waals surface area contributed by atoms with Crippen LogP contribution in [0.5, 0.6) is 11.6 Å². The molecule has 0 saturated carbocycles. The maximum atomic E-state index is 9.34. The van der Waals surface area contributed by atoms with Gasteiger partial charge in [0.05, 0.1) is 4.47 Å². The van der Waals surface area contributed by atoms with Crippen LogP contribution in [0.1, 0.15) is 5.56 Å². The van der Waals surface area contributed by atoms with Crippen molar-refractivity contribution in [2.45, 2.75) is 6.61 Å². The van der Waals surface area contributed by atoms with E-state index in [4.69, 9.17) is 4.74 Å².